The first-order chi connectivity index (χ1) is 21.5. The number of esters is 1. The van der Waals surface area contributed by atoms with Crippen molar-refractivity contribution in [3.8, 4) is 17.0 Å². The molecule has 5 N–H and O–H groups in total. The van der Waals surface area contributed by atoms with E-state index in [9.17, 15) is 27.6 Å². The topological polar surface area (TPSA) is 188 Å². The van der Waals surface area contributed by atoms with Gasteiger partial charge in [-0.25, -0.2) is 9.86 Å². The minimum atomic E-state index is -4.29. The Labute approximate surface area is 260 Å². The predicted octanol–water partition coefficient (Wildman–Crippen LogP) is 2.10. The molecule has 0 saturated heterocycles. The van der Waals surface area contributed by atoms with E-state index in [4.69, 9.17) is 9.88 Å². The molecule has 1 aliphatic carbocycles. The number of aromatic nitrogens is 1. The second-order valence-electron chi connectivity index (χ2n) is 11.0. The smallest absolute Gasteiger partial charge is 0.325 e. The number of carbonyl (C=O) groups excluding carboxylic acids is 4. The lowest BCUT2D eigenvalue weighted by atomic mass is 9.81. The van der Waals surface area contributed by atoms with Crippen LogP contribution in [0.4, 0.5) is 0 Å². The maximum Gasteiger partial charge on any atom is 0.325 e. The third-order valence-corrected chi connectivity index (χ3v) is 8.61. The average Bonchev–Trinajstić information content (AvgIpc) is 3.24. The van der Waals surface area contributed by atoms with Crippen LogP contribution in [0.25, 0.3) is 28.2 Å². The molecule has 3 aromatic rings. The number of nitrogens with one attached hydrogen (secondary N) is 3. The monoisotopic (exact) mass is 637 g/mol. The molecular weight excluding hydrogens is 602 g/mol. The van der Waals surface area contributed by atoms with Crippen molar-refractivity contribution in [3.63, 3.8) is 0 Å². The van der Waals surface area contributed by atoms with Crippen molar-refractivity contribution in [1.82, 2.24) is 19.9 Å². The van der Waals surface area contributed by atoms with Gasteiger partial charge in [-0.05, 0) is 66.3 Å². The number of carbonyl (C=O) groups is 4. The molecule has 1 aliphatic heterocycles. The van der Waals surface area contributed by atoms with Crippen molar-refractivity contribution in [1.29, 1.82) is 0 Å². The van der Waals surface area contributed by atoms with E-state index >= 15 is 0 Å². The highest BCUT2D eigenvalue weighted by Gasteiger charge is 2.31. The van der Waals surface area contributed by atoms with Crippen LogP contribution in [-0.2, 0) is 35.9 Å². The van der Waals surface area contributed by atoms with Gasteiger partial charge in [-0.2, -0.15) is 8.42 Å². The molecule has 1 aromatic heterocycles. The summed E-state index contributed by atoms with van der Waals surface area (Å²) in [5.74, 6) is -1.75. The zero-order chi connectivity index (χ0) is 32.3. The molecule has 1 fully saturated rings. The van der Waals surface area contributed by atoms with Crippen molar-refractivity contribution in [2.75, 3.05) is 27.3 Å². The number of nitrogens with two attached hydrogens (primary N) is 1. The van der Waals surface area contributed by atoms with E-state index in [-0.39, 0.29) is 31.1 Å². The molecule has 3 amide bonds. The zero-order valence-electron chi connectivity index (χ0n) is 25.0. The average molecular weight is 638 g/mol. The van der Waals surface area contributed by atoms with Gasteiger partial charge in [0.05, 0.1) is 33.0 Å². The summed E-state index contributed by atoms with van der Waals surface area (Å²) in [5, 5.41) is 11.0. The number of methoxy groups -OCH3 is 2. The largest absolute Gasteiger partial charge is 0.497 e. The minimum Gasteiger partial charge on any atom is -0.497 e. The predicted molar refractivity (Wildman–Crippen MR) is 166 cm³/mol. The Hall–Kier alpha value is -4.69. The molecule has 5 rings (SSSR count). The van der Waals surface area contributed by atoms with E-state index in [2.05, 4.69) is 15.4 Å². The van der Waals surface area contributed by atoms with E-state index < -0.39 is 33.9 Å². The lowest BCUT2D eigenvalue weighted by Gasteiger charge is -2.24. The summed E-state index contributed by atoms with van der Waals surface area (Å²) < 4.78 is 37.0. The first-order valence-corrected chi connectivity index (χ1v) is 16.1. The van der Waals surface area contributed by atoms with E-state index in [1.807, 2.05) is 33.6 Å². The van der Waals surface area contributed by atoms with Crippen LogP contribution in [-0.4, -0.2) is 64.0 Å². The zero-order valence-corrected chi connectivity index (χ0v) is 25.8. The highest BCUT2D eigenvalue weighted by atomic mass is 32.2. The van der Waals surface area contributed by atoms with Crippen LogP contribution in [0.15, 0.2) is 42.0 Å². The summed E-state index contributed by atoms with van der Waals surface area (Å²) in [7, 11) is -1.53. The maximum atomic E-state index is 13.6. The molecule has 0 atom stereocenters. The number of ether oxygens (including phenoxy) is 2. The number of nitrogens with zero attached hydrogens (tertiary/aromatic N) is 1. The van der Waals surface area contributed by atoms with Crippen LogP contribution in [0.3, 0.4) is 0 Å². The molecule has 14 heteroatoms. The Bertz CT molecular complexity index is 1820. The number of fused-ring (bicyclic) bond motifs is 5. The molecule has 2 aromatic carbocycles. The summed E-state index contributed by atoms with van der Waals surface area (Å²) in [6.07, 6.45) is 7.01. The Morgan fingerprint density at radius 2 is 1.71 bits per heavy atom. The molecular formula is C31H35N5O8S. The molecule has 0 bridgehead atoms. The lowest BCUT2D eigenvalue weighted by Crippen LogP contribution is -2.40. The summed E-state index contributed by atoms with van der Waals surface area (Å²) in [4.78, 5) is 50.0. The second kappa shape index (κ2) is 13.1. The van der Waals surface area contributed by atoms with Crippen LogP contribution in [0.5, 0.6) is 5.75 Å². The summed E-state index contributed by atoms with van der Waals surface area (Å²) in [5.41, 5.74) is 4.66. The molecule has 0 spiro atoms. The third-order valence-electron chi connectivity index (χ3n) is 8.15. The summed E-state index contributed by atoms with van der Waals surface area (Å²) in [6.45, 7) is -0.612. The first-order valence-electron chi connectivity index (χ1n) is 14.5. The van der Waals surface area contributed by atoms with Gasteiger partial charge in [0.25, 0.3) is 16.1 Å². The van der Waals surface area contributed by atoms with Gasteiger partial charge in [-0.3, -0.25) is 19.2 Å². The van der Waals surface area contributed by atoms with Crippen molar-refractivity contribution in [2.45, 2.75) is 44.6 Å². The van der Waals surface area contributed by atoms with E-state index in [0.717, 1.165) is 59.9 Å². The van der Waals surface area contributed by atoms with Crippen LogP contribution >= 0.6 is 0 Å². The Kier molecular flexibility index (Phi) is 9.25. The number of hydrogen-bond acceptors (Lipinski definition) is 8. The summed E-state index contributed by atoms with van der Waals surface area (Å²) >= 11 is 0. The van der Waals surface area contributed by atoms with E-state index in [1.165, 1.54) is 7.11 Å². The van der Waals surface area contributed by atoms with Gasteiger partial charge in [0.15, 0.2) is 0 Å². The van der Waals surface area contributed by atoms with Crippen LogP contribution in [0, 0.1) is 0 Å². The Balaban J connectivity index is 1.62. The van der Waals surface area contributed by atoms with Crippen molar-refractivity contribution >= 4 is 50.9 Å². The normalized spacial score (nSPS) is 14.8. The van der Waals surface area contributed by atoms with Gasteiger partial charge in [-0.15, -0.1) is 0 Å². The van der Waals surface area contributed by atoms with E-state index in [1.54, 1.807) is 25.3 Å². The first kappa shape index (κ1) is 31.7. The lowest BCUT2D eigenvalue weighted by molar-refractivity contribution is -0.141. The van der Waals surface area contributed by atoms with Crippen LogP contribution < -0.4 is 25.2 Å². The molecule has 45 heavy (non-hydrogen) atoms. The quantitative estimate of drug-likeness (QED) is 0.257. The van der Waals surface area contributed by atoms with Gasteiger partial charge in [0, 0.05) is 27.6 Å². The number of rotatable bonds is 9. The fourth-order valence-electron chi connectivity index (χ4n) is 6.09. The van der Waals surface area contributed by atoms with Gasteiger partial charge in [-0.1, -0.05) is 25.3 Å². The second-order valence-corrected chi connectivity index (χ2v) is 12.3. The molecule has 2 aliphatic rings. The highest BCUT2D eigenvalue weighted by Crippen LogP contribution is 2.47. The van der Waals surface area contributed by atoms with E-state index in [0.29, 0.717) is 16.8 Å². The van der Waals surface area contributed by atoms with Gasteiger partial charge < -0.3 is 24.7 Å². The Morgan fingerprint density at radius 3 is 2.40 bits per heavy atom. The summed E-state index contributed by atoms with van der Waals surface area (Å²) in [6, 6.07) is 10.6. The molecule has 0 unspecified atom stereocenters. The minimum absolute atomic E-state index is 0.0866. The standard InChI is InChI=1S/C31H35N5O8S/c1-43-22-9-11-23-20(13-22)12-21(30(39)34-15-26(37)33-16-27(38)44-2)17-36-25-14-19(31(40)35-45(32,41)42)8-10-24(25)28(29(23)36)18-6-4-3-5-7-18/h8-14,18H,3-7,15-17H2,1-2H3,(H,33,37)(H,34,39)(H,35,40)(H2,32,41,42). The molecule has 238 valence electrons. The van der Waals surface area contributed by atoms with Crippen molar-refractivity contribution in [2.24, 2.45) is 5.14 Å². The number of benzene rings is 2. The molecule has 0 radical (unpaired) electrons. The SMILES string of the molecule is COC(=O)CNC(=O)CNC(=O)C1=Cc2cc(OC)ccc2-c2c(C3CCCCC3)c3ccc(C(=O)NS(N)(=O)=O)cc3n2C1. The molecule has 1 saturated carbocycles. The molecule has 13 nitrogen and oxygen atoms in total. The van der Waals surface area contributed by atoms with Crippen molar-refractivity contribution in [3.05, 3.63) is 58.7 Å². The van der Waals surface area contributed by atoms with Crippen LogP contribution in [0.2, 0.25) is 0 Å². The maximum absolute atomic E-state index is 13.6. The van der Waals surface area contributed by atoms with Gasteiger partial charge in [0.1, 0.15) is 12.3 Å². The molecule has 2 heterocycles. The highest BCUT2D eigenvalue weighted by molar-refractivity contribution is 7.87. The van der Waals surface area contributed by atoms with Crippen molar-refractivity contribution < 1.29 is 37.1 Å². The van der Waals surface area contributed by atoms with Gasteiger partial charge in [0.2, 0.25) is 11.8 Å². The third kappa shape index (κ3) is 7.02. The van der Waals surface area contributed by atoms with Crippen LogP contribution in [0.1, 0.15) is 59.5 Å². The number of amides is 3. The fourth-order valence-corrected chi connectivity index (χ4v) is 6.46. The number of hydrogen-bond donors (Lipinski definition) is 4. The van der Waals surface area contributed by atoms with Gasteiger partial charge >= 0.3 is 5.97 Å². The fraction of sp³-hybridized carbons (Fsp3) is 0.355. The Morgan fingerprint density at radius 1 is 0.956 bits per heavy atom.